The largest absolute Gasteiger partial charge is 0.497 e. The third kappa shape index (κ3) is 2.78. The first-order valence-electron chi connectivity index (χ1n) is 6.15. The summed E-state index contributed by atoms with van der Waals surface area (Å²) >= 11 is 3.56. The van der Waals surface area contributed by atoms with E-state index in [0.29, 0.717) is 0 Å². The van der Waals surface area contributed by atoms with Gasteiger partial charge >= 0.3 is 0 Å². The molecule has 0 fully saturated rings. The van der Waals surface area contributed by atoms with E-state index in [9.17, 15) is 0 Å². The highest BCUT2D eigenvalue weighted by atomic mass is 79.9. The van der Waals surface area contributed by atoms with E-state index in [1.54, 1.807) is 7.11 Å². The molecule has 0 spiro atoms. The van der Waals surface area contributed by atoms with Crippen molar-refractivity contribution >= 4 is 26.7 Å². The summed E-state index contributed by atoms with van der Waals surface area (Å²) in [7, 11) is 1.68. The smallest absolute Gasteiger partial charge is 0.127 e. The SMILES string of the molecule is CCCCOc1ccc(Br)c2ccc(OC)cc12. The molecule has 0 bridgehead atoms. The maximum atomic E-state index is 5.84. The lowest BCUT2D eigenvalue weighted by molar-refractivity contribution is 0.313. The molecule has 0 amide bonds. The van der Waals surface area contributed by atoms with Gasteiger partial charge in [-0.05, 0) is 42.1 Å². The molecule has 2 aromatic rings. The van der Waals surface area contributed by atoms with Crippen LogP contribution in [0.3, 0.4) is 0 Å². The van der Waals surface area contributed by atoms with Crippen LogP contribution < -0.4 is 9.47 Å². The molecule has 2 nitrogen and oxygen atoms in total. The Hall–Kier alpha value is -1.22. The Bertz CT molecular complexity index is 537. The van der Waals surface area contributed by atoms with Gasteiger partial charge < -0.3 is 9.47 Å². The first kappa shape index (κ1) is 13.2. The van der Waals surface area contributed by atoms with Crippen molar-refractivity contribution in [2.45, 2.75) is 19.8 Å². The van der Waals surface area contributed by atoms with E-state index in [1.165, 1.54) is 0 Å². The first-order chi connectivity index (χ1) is 8.76. The third-order valence-corrected chi connectivity index (χ3v) is 3.58. The second kappa shape index (κ2) is 6.10. The van der Waals surface area contributed by atoms with E-state index in [0.717, 1.165) is 46.2 Å². The standard InChI is InChI=1S/C15H17BrO2/c1-3-4-9-18-15-8-7-14(16)12-6-5-11(17-2)10-13(12)15/h5-8,10H,3-4,9H2,1-2H3. The highest BCUT2D eigenvalue weighted by molar-refractivity contribution is 9.10. The summed E-state index contributed by atoms with van der Waals surface area (Å²) in [5.41, 5.74) is 0. The summed E-state index contributed by atoms with van der Waals surface area (Å²) in [6.45, 7) is 2.91. The number of ether oxygens (including phenoxy) is 2. The van der Waals surface area contributed by atoms with Crippen molar-refractivity contribution in [1.82, 2.24) is 0 Å². The van der Waals surface area contributed by atoms with E-state index in [4.69, 9.17) is 9.47 Å². The van der Waals surface area contributed by atoms with Gasteiger partial charge in [-0.3, -0.25) is 0 Å². The molecular formula is C15H17BrO2. The number of hydrogen-bond acceptors (Lipinski definition) is 2. The van der Waals surface area contributed by atoms with Crippen LogP contribution >= 0.6 is 15.9 Å². The second-order valence-electron chi connectivity index (χ2n) is 4.16. The molecule has 3 heteroatoms. The summed E-state index contributed by atoms with van der Waals surface area (Å²) in [6, 6.07) is 10.0. The molecule has 0 radical (unpaired) electrons. The molecule has 18 heavy (non-hydrogen) atoms. The molecule has 0 aromatic heterocycles. The van der Waals surface area contributed by atoms with Crippen molar-refractivity contribution in [3.63, 3.8) is 0 Å². The van der Waals surface area contributed by atoms with Gasteiger partial charge in [0.1, 0.15) is 11.5 Å². The number of methoxy groups -OCH3 is 1. The van der Waals surface area contributed by atoms with E-state index < -0.39 is 0 Å². The van der Waals surface area contributed by atoms with Gasteiger partial charge in [0.2, 0.25) is 0 Å². The van der Waals surface area contributed by atoms with E-state index in [-0.39, 0.29) is 0 Å². The van der Waals surface area contributed by atoms with Crippen LogP contribution in [0.4, 0.5) is 0 Å². The predicted octanol–water partition coefficient (Wildman–Crippen LogP) is 4.79. The number of rotatable bonds is 5. The van der Waals surface area contributed by atoms with Gasteiger partial charge in [0.05, 0.1) is 13.7 Å². The van der Waals surface area contributed by atoms with Crippen LogP contribution in [0.5, 0.6) is 11.5 Å². The van der Waals surface area contributed by atoms with Crippen molar-refractivity contribution < 1.29 is 9.47 Å². The Morgan fingerprint density at radius 3 is 2.67 bits per heavy atom. The molecular weight excluding hydrogens is 292 g/mol. The second-order valence-corrected chi connectivity index (χ2v) is 5.01. The van der Waals surface area contributed by atoms with E-state index in [2.05, 4.69) is 22.9 Å². The minimum Gasteiger partial charge on any atom is -0.497 e. The number of halogens is 1. The van der Waals surface area contributed by atoms with Gasteiger partial charge in [-0.25, -0.2) is 0 Å². The highest BCUT2D eigenvalue weighted by Crippen LogP contribution is 2.34. The quantitative estimate of drug-likeness (QED) is 0.739. The highest BCUT2D eigenvalue weighted by Gasteiger charge is 2.07. The number of unbranched alkanes of at least 4 members (excludes halogenated alkanes) is 1. The van der Waals surface area contributed by atoms with Crippen LogP contribution in [0.25, 0.3) is 10.8 Å². The van der Waals surface area contributed by atoms with Crippen LogP contribution in [0.1, 0.15) is 19.8 Å². The molecule has 0 saturated heterocycles. The lowest BCUT2D eigenvalue weighted by Gasteiger charge is -2.11. The zero-order valence-corrected chi connectivity index (χ0v) is 12.3. The van der Waals surface area contributed by atoms with Gasteiger partial charge in [-0.1, -0.05) is 29.3 Å². The molecule has 0 N–H and O–H groups in total. The van der Waals surface area contributed by atoms with E-state index in [1.807, 2.05) is 30.3 Å². The van der Waals surface area contributed by atoms with E-state index >= 15 is 0 Å². The molecule has 0 aliphatic rings. The Morgan fingerprint density at radius 2 is 1.94 bits per heavy atom. The molecule has 0 saturated carbocycles. The summed E-state index contributed by atoms with van der Waals surface area (Å²) in [5.74, 6) is 1.77. The lowest BCUT2D eigenvalue weighted by atomic mass is 10.1. The van der Waals surface area contributed by atoms with Gasteiger partial charge in [0, 0.05) is 9.86 Å². The van der Waals surface area contributed by atoms with Gasteiger partial charge in [-0.15, -0.1) is 0 Å². The average molecular weight is 309 g/mol. The van der Waals surface area contributed by atoms with Crippen molar-refractivity contribution in [3.8, 4) is 11.5 Å². The predicted molar refractivity (Wildman–Crippen MR) is 78.6 cm³/mol. The summed E-state index contributed by atoms with van der Waals surface area (Å²) in [6.07, 6.45) is 2.21. The molecule has 0 unspecified atom stereocenters. The van der Waals surface area contributed by atoms with Crippen molar-refractivity contribution in [3.05, 3.63) is 34.8 Å². The van der Waals surface area contributed by atoms with Crippen LogP contribution in [0, 0.1) is 0 Å². The van der Waals surface area contributed by atoms with Crippen LogP contribution in [0.2, 0.25) is 0 Å². The fourth-order valence-corrected chi connectivity index (χ4v) is 2.32. The Morgan fingerprint density at radius 1 is 1.11 bits per heavy atom. The maximum absolute atomic E-state index is 5.84. The molecule has 0 aliphatic heterocycles. The normalized spacial score (nSPS) is 10.6. The fraction of sp³-hybridized carbons (Fsp3) is 0.333. The van der Waals surface area contributed by atoms with Crippen molar-refractivity contribution in [2.75, 3.05) is 13.7 Å². The first-order valence-corrected chi connectivity index (χ1v) is 6.94. The van der Waals surface area contributed by atoms with Crippen molar-refractivity contribution in [1.29, 1.82) is 0 Å². The fourth-order valence-electron chi connectivity index (χ4n) is 1.84. The zero-order valence-electron chi connectivity index (χ0n) is 10.7. The Balaban J connectivity index is 2.42. The maximum Gasteiger partial charge on any atom is 0.127 e. The molecule has 2 aromatic carbocycles. The Labute approximate surface area is 116 Å². The number of benzene rings is 2. The van der Waals surface area contributed by atoms with Crippen molar-refractivity contribution in [2.24, 2.45) is 0 Å². The van der Waals surface area contributed by atoms with Gasteiger partial charge in [0.15, 0.2) is 0 Å². The van der Waals surface area contributed by atoms with Crippen LogP contribution in [-0.2, 0) is 0 Å². The minimum atomic E-state index is 0.754. The number of fused-ring (bicyclic) bond motifs is 1. The summed E-state index contributed by atoms with van der Waals surface area (Å²) in [4.78, 5) is 0. The number of hydrogen-bond donors (Lipinski definition) is 0. The van der Waals surface area contributed by atoms with Crippen LogP contribution in [-0.4, -0.2) is 13.7 Å². The lowest BCUT2D eigenvalue weighted by Crippen LogP contribution is -1.97. The van der Waals surface area contributed by atoms with Crippen LogP contribution in [0.15, 0.2) is 34.8 Å². The van der Waals surface area contributed by atoms with Gasteiger partial charge in [-0.2, -0.15) is 0 Å². The monoisotopic (exact) mass is 308 g/mol. The topological polar surface area (TPSA) is 18.5 Å². The molecule has 96 valence electrons. The minimum absolute atomic E-state index is 0.754. The molecule has 0 aliphatic carbocycles. The van der Waals surface area contributed by atoms with Gasteiger partial charge in [0.25, 0.3) is 0 Å². The average Bonchev–Trinajstić information content (AvgIpc) is 2.41. The molecule has 2 rings (SSSR count). The molecule has 0 heterocycles. The molecule has 0 atom stereocenters. The summed E-state index contributed by atoms with van der Waals surface area (Å²) in [5, 5.41) is 2.23. The third-order valence-electron chi connectivity index (χ3n) is 2.89. The zero-order chi connectivity index (χ0) is 13.0. The Kier molecular flexibility index (Phi) is 4.48. The summed E-state index contributed by atoms with van der Waals surface area (Å²) < 4.78 is 12.2.